The smallest absolute Gasteiger partial charge is 0.223 e. The third kappa shape index (κ3) is 3.44. The molecule has 228 valence electrons. The van der Waals surface area contributed by atoms with E-state index in [1.54, 1.807) is 0 Å². The molecule has 0 saturated carbocycles. The van der Waals surface area contributed by atoms with Gasteiger partial charge in [0.25, 0.3) is 0 Å². The summed E-state index contributed by atoms with van der Waals surface area (Å²) in [5, 5.41) is 9.88. The minimum absolute atomic E-state index is 0.558. The summed E-state index contributed by atoms with van der Waals surface area (Å²) in [6.07, 6.45) is 0. The average Bonchev–Trinajstić information content (AvgIpc) is 3.89. The number of rotatable bonds is 2. The van der Waals surface area contributed by atoms with Crippen LogP contribution in [0.2, 0.25) is 0 Å². The van der Waals surface area contributed by atoms with Crippen molar-refractivity contribution in [1.82, 2.24) is 37.3 Å². The summed E-state index contributed by atoms with van der Waals surface area (Å²) in [6, 6.07) is 49.5. The maximum atomic E-state index is 9.88. The van der Waals surface area contributed by atoms with Crippen LogP contribution in [0.15, 0.2) is 140 Å². The van der Waals surface area contributed by atoms with E-state index >= 15 is 0 Å². The van der Waals surface area contributed by atoms with Crippen LogP contribution in [0.25, 0.3) is 83.9 Å². The molecule has 9 nitrogen and oxygen atoms in total. The van der Waals surface area contributed by atoms with Gasteiger partial charge in [-0.2, -0.15) is 5.26 Å². The van der Waals surface area contributed by atoms with Crippen molar-refractivity contribution in [2.75, 3.05) is 0 Å². The predicted molar refractivity (Wildman–Crippen MR) is 192 cm³/mol. The zero-order valence-corrected chi connectivity index (χ0v) is 25.8. The molecule has 11 aromatic rings. The molecule has 49 heavy (non-hydrogen) atoms. The molecule has 0 aliphatic heterocycles. The highest BCUT2D eigenvalue weighted by Crippen LogP contribution is 2.33. The maximum Gasteiger partial charge on any atom is 0.223 e. The van der Waals surface area contributed by atoms with E-state index < -0.39 is 0 Å². The third-order valence-corrected chi connectivity index (χ3v) is 9.53. The van der Waals surface area contributed by atoms with E-state index in [-0.39, 0.29) is 0 Å². The molecule has 0 aliphatic carbocycles. The van der Waals surface area contributed by atoms with Crippen molar-refractivity contribution in [3.8, 4) is 17.4 Å². The largest absolute Gasteiger partial charge is 0.278 e. The number of hydrogen-bond donors (Lipinski definition) is 0. The van der Waals surface area contributed by atoms with Gasteiger partial charge in [0.05, 0.1) is 78.2 Å². The summed E-state index contributed by atoms with van der Waals surface area (Å²) in [5.41, 5.74) is 12.0. The molecule has 0 amide bonds. The molecule has 6 aromatic carbocycles. The highest BCUT2D eigenvalue weighted by Gasteiger charge is 2.21. The lowest BCUT2D eigenvalue weighted by molar-refractivity contribution is 1.03. The Balaban J connectivity index is 1.38. The van der Waals surface area contributed by atoms with Crippen LogP contribution in [0.1, 0.15) is 5.56 Å². The molecule has 5 aromatic heterocycles. The van der Waals surface area contributed by atoms with Crippen molar-refractivity contribution in [3.05, 3.63) is 145 Å². The Morgan fingerprint density at radius 3 is 1.45 bits per heavy atom. The lowest BCUT2D eigenvalue weighted by Crippen LogP contribution is -2.02. The number of benzene rings is 6. The highest BCUT2D eigenvalue weighted by atomic mass is 15.3. The second-order valence-corrected chi connectivity index (χ2v) is 12.2. The van der Waals surface area contributed by atoms with Crippen LogP contribution in [-0.4, -0.2) is 37.3 Å². The molecule has 5 heterocycles. The summed E-state index contributed by atoms with van der Waals surface area (Å²) in [6.45, 7) is 0. The van der Waals surface area contributed by atoms with Gasteiger partial charge in [0, 0.05) is 0 Å². The Morgan fingerprint density at radius 2 is 0.857 bits per heavy atom. The molecule has 0 saturated heterocycles. The summed E-state index contributed by atoms with van der Waals surface area (Å²) in [4.78, 5) is 15.6. The Hall–Kier alpha value is -7.18. The van der Waals surface area contributed by atoms with Gasteiger partial charge in [0.1, 0.15) is 0 Å². The molecule has 0 N–H and O–H groups in total. The molecule has 11 rings (SSSR count). The normalized spacial score (nSPS) is 12.1. The molecular weight excluding hydrogens is 607 g/mol. The average molecular weight is 630 g/mol. The molecule has 0 radical (unpaired) electrons. The SMILES string of the molecule is N#Cc1cccc(-n2c3nc4ccccc4n3c3ccc(-n4c5ccccc5n5c6ccccc6nc45)cc3n3c4ccccc4nc23)c1. The Labute approximate surface area is 277 Å². The molecule has 0 aliphatic rings. The van der Waals surface area contributed by atoms with E-state index in [4.69, 9.17) is 15.0 Å². The van der Waals surface area contributed by atoms with Crippen molar-refractivity contribution in [2.24, 2.45) is 0 Å². The summed E-state index contributed by atoms with van der Waals surface area (Å²) >= 11 is 0. The first-order chi connectivity index (χ1) is 24.3. The second-order valence-electron chi connectivity index (χ2n) is 12.2. The van der Waals surface area contributed by atoms with E-state index in [9.17, 15) is 5.26 Å². The van der Waals surface area contributed by atoms with Gasteiger partial charge < -0.3 is 0 Å². The highest BCUT2D eigenvalue weighted by molar-refractivity contribution is 5.96. The van der Waals surface area contributed by atoms with E-state index in [2.05, 4.69) is 101 Å². The van der Waals surface area contributed by atoms with Gasteiger partial charge in [0.2, 0.25) is 17.3 Å². The van der Waals surface area contributed by atoms with Crippen molar-refractivity contribution in [1.29, 1.82) is 5.26 Å². The fourth-order valence-corrected chi connectivity index (χ4v) is 7.46. The van der Waals surface area contributed by atoms with Crippen molar-refractivity contribution in [3.63, 3.8) is 0 Å². The molecule has 9 heteroatoms. The third-order valence-electron chi connectivity index (χ3n) is 9.53. The van der Waals surface area contributed by atoms with Gasteiger partial charge >= 0.3 is 0 Å². The van der Waals surface area contributed by atoms with Gasteiger partial charge in [0.15, 0.2) is 0 Å². The number of aromatic nitrogens is 8. The van der Waals surface area contributed by atoms with Gasteiger partial charge in [-0.25, -0.2) is 19.5 Å². The van der Waals surface area contributed by atoms with E-state index in [1.807, 2.05) is 66.7 Å². The number of nitrogens with zero attached hydrogens (tertiary/aromatic N) is 9. The fourth-order valence-electron chi connectivity index (χ4n) is 7.46. The molecular formula is C40H23N9. The maximum absolute atomic E-state index is 9.88. The molecule has 0 bridgehead atoms. The Morgan fingerprint density at radius 1 is 0.388 bits per heavy atom. The minimum Gasteiger partial charge on any atom is -0.278 e. The van der Waals surface area contributed by atoms with E-state index in [0.29, 0.717) is 17.1 Å². The van der Waals surface area contributed by atoms with Gasteiger partial charge in [-0.05, 0) is 84.9 Å². The van der Waals surface area contributed by atoms with Crippen LogP contribution in [0.4, 0.5) is 0 Å². The fraction of sp³-hybridized carbons (Fsp3) is 0. The first-order valence-electron chi connectivity index (χ1n) is 16.0. The first kappa shape index (κ1) is 25.9. The van der Waals surface area contributed by atoms with Crippen molar-refractivity contribution < 1.29 is 0 Å². The summed E-state index contributed by atoms with van der Waals surface area (Å²) < 4.78 is 10.9. The van der Waals surface area contributed by atoms with Gasteiger partial charge in [-0.3, -0.25) is 17.8 Å². The van der Waals surface area contributed by atoms with E-state index in [0.717, 1.165) is 72.3 Å². The molecule has 0 atom stereocenters. The number of nitriles is 1. The van der Waals surface area contributed by atoms with Crippen LogP contribution in [0.3, 0.4) is 0 Å². The number of imidazole rings is 4. The second kappa shape index (κ2) is 9.44. The molecule has 0 fully saturated rings. The van der Waals surface area contributed by atoms with Crippen LogP contribution in [0.5, 0.6) is 0 Å². The zero-order chi connectivity index (χ0) is 32.2. The first-order valence-corrected chi connectivity index (χ1v) is 16.0. The number of para-hydroxylation sites is 8. The van der Waals surface area contributed by atoms with Crippen LogP contribution in [-0.2, 0) is 0 Å². The Kier molecular flexibility index (Phi) is 5.00. The summed E-state index contributed by atoms with van der Waals surface area (Å²) in [5.74, 6) is 2.21. The van der Waals surface area contributed by atoms with Crippen molar-refractivity contribution >= 4 is 72.5 Å². The standard InChI is InChI=1S/C40H23N9/c41-24-25-10-9-11-26(22-25)46-39-43-29-13-2-5-16-32(29)48(39)36-21-20-27(23-37(36)49-33-17-6-3-14-30(33)44-40(46)49)45-34-18-7-8-19-35(34)47-31-15-4-1-12-28(31)42-38(45)47/h1-23H. The summed E-state index contributed by atoms with van der Waals surface area (Å²) in [7, 11) is 0. The minimum atomic E-state index is 0.558. The van der Waals surface area contributed by atoms with Gasteiger partial charge in [-0.15, -0.1) is 0 Å². The Bertz CT molecular complexity index is 3250. The van der Waals surface area contributed by atoms with Crippen LogP contribution < -0.4 is 0 Å². The number of fused-ring (bicyclic) bond motifs is 14. The molecule has 0 unspecified atom stereocenters. The topological polar surface area (TPSA) is 85.5 Å². The molecule has 0 spiro atoms. The predicted octanol–water partition coefficient (Wildman–Crippen LogP) is 8.41. The van der Waals surface area contributed by atoms with Crippen molar-refractivity contribution in [2.45, 2.75) is 0 Å². The lowest BCUT2D eigenvalue weighted by atomic mass is 10.2. The van der Waals surface area contributed by atoms with Gasteiger partial charge in [-0.1, -0.05) is 54.6 Å². The van der Waals surface area contributed by atoms with Crippen LogP contribution in [0, 0.1) is 11.3 Å². The zero-order valence-electron chi connectivity index (χ0n) is 25.8. The quantitative estimate of drug-likeness (QED) is 0.192. The van der Waals surface area contributed by atoms with E-state index in [1.165, 1.54) is 0 Å². The number of hydrogen-bond acceptors (Lipinski definition) is 4. The lowest BCUT2D eigenvalue weighted by Gasteiger charge is -2.08. The monoisotopic (exact) mass is 629 g/mol. The van der Waals surface area contributed by atoms with Crippen LogP contribution >= 0.6 is 0 Å².